The highest BCUT2D eigenvalue weighted by molar-refractivity contribution is 5.94. The molecule has 2 rings (SSSR count). The van der Waals surface area contributed by atoms with Crippen LogP contribution in [-0.2, 0) is 9.53 Å². The maximum atomic E-state index is 11.5. The highest BCUT2D eigenvalue weighted by Crippen LogP contribution is 2.20. The Morgan fingerprint density at radius 2 is 2.50 bits per heavy atom. The minimum atomic E-state index is -0.630. The van der Waals surface area contributed by atoms with E-state index in [9.17, 15) is 9.59 Å². The number of anilines is 1. The van der Waals surface area contributed by atoms with Gasteiger partial charge < -0.3 is 14.9 Å². The number of esters is 1. The molecule has 0 spiro atoms. The van der Waals surface area contributed by atoms with Gasteiger partial charge in [-0.1, -0.05) is 0 Å². The third-order valence-corrected chi connectivity index (χ3v) is 2.27. The first-order chi connectivity index (χ1) is 7.61. The lowest BCUT2D eigenvalue weighted by molar-refractivity contribution is -0.117. The largest absolute Gasteiger partial charge is 0.463 e. The van der Waals surface area contributed by atoms with Crippen LogP contribution in [0, 0.1) is 0 Å². The van der Waals surface area contributed by atoms with Gasteiger partial charge in [-0.3, -0.25) is 9.69 Å². The molecule has 1 saturated heterocycles. The molecule has 1 aliphatic rings. The van der Waals surface area contributed by atoms with E-state index >= 15 is 0 Å². The van der Waals surface area contributed by atoms with Crippen LogP contribution >= 0.6 is 0 Å². The Bertz CT molecular complexity index is 428. The molecule has 1 aromatic heterocycles. The van der Waals surface area contributed by atoms with Crippen LogP contribution in [0.15, 0.2) is 10.6 Å². The van der Waals surface area contributed by atoms with Crippen LogP contribution in [0.4, 0.5) is 6.01 Å². The summed E-state index contributed by atoms with van der Waals surface area (Å²) in [6.45, 7) is 0.347. The number of hydrogen-bond acceptors (Lipinski definition) is 6. The summed E-state index contributed by atoms with van der Waals surface area (Å²) in [6, 6.07) is -0.140. The molecule has 1 fully saturated rings. The molecule has 0 aromatic carbocycles. The Balaban J connectivity index is 2.19. The van der Waals surface area contributed by atoms with Crippen LogP contribution in [0.1, 0.15) is 17.0 Å². The zero-order valence-corrected chi connectivity index (χ0v) is 8.67. The monoisotopic (exact) mass is 225 g/mol. The predicted molar refractivity (Wildman–Crippen MR) is 52.8 cm³/mol. The highest BCUT2D eigenvalue weighted by Gasteiger charge is 2.31. The Kier molecular flexibility index (Phi) is 2.61. The van der Waals surface area contributed by atoms with Gasteiger partial charge in [0, 0.05) is 19.0 Å². The van der Waals surface area contributed by atoms with E-state index in [1.165, 1.54) is 18.2 Å². The number of methoxy groups -OCH3 is 1. The molecule has 7 heteroatoms. The van der Waals surface area contributed by atoms with Crippen molar-refractivity contribution in [3.63, 3.8) is 0 Å². The van der Waals surface area contributed by atoms with Crippen LogP contribution < -0.4 is 10.6 Å². The summed E-state index contributed by atoms with van der Waals surface area (Å²) >= 11 is 0. The molecule has 1 atom stereocenters. The molecule has 0 bridgehead atoms. The van der Waals surface area contributed by atoms with Gasteiger partial charge in [0.1, 0.15) is 0 Å². The molecule has 0 aliphatic carbocycles. The van der Waals surface area contributed by atoms with Gasteiger partial charge in [-0.25, -0.2) is 9.78 Å². The van der Waals surface area contributed by atoms with Crippen molar-refractivity contribution in [1.29, 1.82) is 0 Å². The van der Waals surface area contributed by atoms with Crippen molar-refractivity contribution >= 4 is 17.9 Å². The number of aromatic nitrogens is 1. The maximum absolute atomic E-state index is 11.5. The molecule has 7 nitrogen and oxygen atoms in total. The van der Waals surface area contributed by atoms with Gasteiger partial charge in [-0.15, -0.1) is 0 Å². The van der Waals surface area contributed by atoms with Crippen molar-refractivity contribution in [1.82, 2.24) is 4.98 Å². The average molecular weight is 225 g/mol. The fraction of sp³-hybridized carbons (Fsp3) is 0.444. The summed E-state index contributed by atoms with van der Waals surface area (Å²) in [7, 11) is 1.24. The van der Waals surface area contributed by atoms with Gasteiger partial charge in [0.15, 0.2) is 0 Å². The van der Waals surface area contributed by atoms with Crippen molar-refractivity contribution in [3.8, 4) is 0 Å². The lowest BCUT2D eigenvalue weighted by Crippen LogP contribution is -2.28. The van der Waals surface area contributed by atoms with E-state index in [0.717, 1.165) is 0 Å². The first-order valence-corrected chi connectivity index (χ1v) is 4.72. The fourth-order valence-electron chi connectivity index (χ4n) is 1.50. The molecule has 86 valence electrons. The summed E-state index contributed by atoms with van der Waals surface area (Å²) in [5.74, 6) is -0.828. The van der Waals surface area contributed by atoms with Crippen molar-refractivity contribution < 1.29 is 18.7 Å². The second kappa shape index (κ2) is 3.93. The minimum Gasteiger partial charge on any atom is -0.463 e. The summed E-state index contributed by atoms with van der Waals surface area (Å²) in [4.78, 5) is 27.7. The number of oxazole rings is 1. The lowest BCUT2D eigenvalue weighted by atomic mass is 10.3. The van der Waals surface area contributed by atoms with Gasteiger partial charge >= 0.3 is 12.0 Å². The van der Waals surface area contributed by atoms with E-state index in [1.807, 2.05) is 0 Å². The number of amides is 1. The number of rotatable bonds is 2. The topological polar surface area (TPSA) is 98.7 Å². The number of nitrogens with zero attached hydrogens (tertiary/aromatic N) is 2. The van der Waals surface area contributed by atoms with Gasteiger partial charge in [-0.2, -0.15) is 0 Å². The first kappa shape index (κ1) is 10.6. The number of carbonyl (C=O) groups is 2. The fourth-order valence-corrected chi connectivity index (χ4v) is 1.50. The molecule has 2 heterocycles. The predicted octanol–water partition coefficient (Wildman–Crippen LogP) is -0.475. The minimum absolute atomic E-state index is 0.0363. The average Bonchev–Trinajstić information content (AvgIpc) is 2.83. The van der Waals surface area contributed by atoms with Crippen LogP contribution in [0.5, 0.6) is 0 Å². The van der Waals surface area contributed by atoms with Gasteiger partial charge in [0.25, 0.3) is 0 Å². The van der Waals surface area contributed by atoms with Crippen molar-refractivity contribution in [2.45, 2.75) is 12.5 Å². The molecular weight excluding hydrogens is 214 g/mol. The van der Waals surface area contributed by atoms with Gasteiger partial charge in [0.05, 0.1) is 13.3 Å². The zero-order chi connectivity index (χ0) is 11.7. The summed E-state index contributed by atoms with van der Waals surface area (Å²) < 4.78 is 9.56. The van der Waals surface area contributed by atoms with Gasteiger partial charge in [-0.05, 0) is 0 Å². The van der Waals surface area contributed by atoms with E-state index in [4.69, 9.17) is 10.2 Å². The summed E-state index contributed by atoms with van der Waals surface area (Å²) in [5.41, 5.74) is 5.62. The first-order valence-electron chi connectivity index (χ1n) is 4.72. The molecule has 1 aromatic rings. The molecule has 2 N–H and O–H groups in total. The summed E-state index contributed by atoms with van der Waals surface area (Å²) in [6.07, 6.45) is 1.48. The lowest BCUT2D eigenvalue weighted by Gasteiger charge is -2.09. The summed E-state index contributed by atoms with van der Waals surface area (Å²) in [5, 5.41) is 0. The number of carbonyl (C=O) groups excluding carboxylic acids is 2. The van der Waals surface area contributed by atoms with E-state index in [2.05, 4.69) is 9.72 Å². The van der Waals surface area contributed by atoms with Crippen LogP contribution in [0.3, 0.4) is 0 Å². The third-order valence-electron chi connectivity index (χ3n) is 2.27. The van der Waals surface area contributed by atoms with Gasteiger partial charge in [0.2, 0.25) is 11.7 Å². The second-order valence-electron chi connectivity index (χ2n) is 3.47. The number of nitrogens with two attached hydrogens (primary N) is 1. The molecule has 0 radical (unpaired) electrons. The van der Waals surface area contributed by atoms with Crippen molar-refractivity contribution in [2.75, 3.05) is 18.6 Å². The molecule has 1 aliphatic heterocycles. The number of ether oxygens (including phenoxy) is 1. The quantitative estimate of drug-likeness (QED) is 0.683. The van der Waals surface area contributed by atoms with Crippen molar-refractivity contribution in [3.05, 3.63) is 12.0 Å². The van der Waals surface area contributed by atoms with E-state index < -0.39 is 5.97 Å². The second-order valence-corrected chi connectivity index (χ2v) is 3.47. The van der Waals surface area contributed by atoms with Crippen molar-refractivity contribution in [2.24, 2.45) is 5.73 Å². The smallest absolute Gasteiger partial charge is 0.375 e. The molecule has 0 saturated carbocycles. The Labute approximate surface area is 91.2 Å². The standard InChI is InChI=1S/C9H11N3O4/c1-15-8(14)6-3-11-9(16-6)12-4-5(10)2-7(12)13/h3,5H,2,4,10H2,1H3. The Morgan fingerprint density at radius 3 is 3.06 bits per heavy atom. The molecule has 16 heavy (non-hydrogen) atoms. The zero-order valence-electron chi connectivity index (χ0n) is 8.67. The normalized spacial score (nSPS) is 20.2. The van der Waals surface area contributed by atoms with E-state index in [1.54, 1.807) is 0 Å². The SMILES string of the molecule is COC(=O)c1cnc(N2CC(N)CC2=O)o1. The van der Waals surface area contributed by atoms with E-state index in [0.29, 0.717) is 6.54 Å². The van der Waals surface area contributed by atoms with Crippen LogP contribution in [-0.4, -0.2) is 36.6 Å². The number of hydrogen-bond donors (Lipinski definition) is 1. The van der Waals surface area contributed by atoms with Crippen LogP contribution in [0.25, 0.3) is 0 Å². The maximum Gasteiger partial charge on any atom is 0.375 e. The molecular formula is C9H11N3O4. The Morgan fingerprint density at radius 1 is 1.75 bits per heavy atom. The Hall–Kier alpha value is -1.89. The molecule has 1 unspecified atom stereocenters. The van der Waals surface area contributed by atoms with E-state index in [-0.39, 0.29) is 30.1 Å². The molecule has 1 amide bonds. The van der Waals surface area contributed by atoms with Crippen LogP contribution in [0.2, 0.25) is 0 Å². The third kappa shape index (κ3) is 1.76. The highest BCUT2D eigenvalue weighted by atomic mass is 16.5.